The third-order valence-corrected chi connectivity index (χ3v) is 5.27. The zero-order chi connectivity index (χ0) is 15.9. The topological polar surface area (TPSA) is 17.3 Å². The fourth-order valence-corrected chi connectivity index (χ4v) is 4.20. The fraction of sp³-hybridized carbons (Fsp3) is 0. The predicted octanol–water partition coefficient (Wildman–Crippen LogP) is 5.88. The Morgan fingerprint density at radius 1 is 0.667 bits per heavy atom. The highest BCUT2D eigenvalue weighted by Gasteiger charge is 2.19. The van der Waals surface area contributed by atoms with E-state index in [0.717, 1.165) is 21.9 Å². The van der Waals surface area contributed by atoms with Crippen molar-refractivity contribution < 1.29 is 0 Å². The quantitative estimate of drug-likeness (QED) is 0.396. The normalized spacial score (nSPS) is 11.3. The maximum atomic E-state index is 4.98. The smallest absolute Gasteiger partial charge is 0.195 e. The van der Waals surface area contributed by atoms with E-state index < -0.39 is 0 Å². The molecule has 3 heteroatoms. The summed E-state index contributed by atoms with van der Waals surface area (Å²) >= 11 is 1.74. The lowest BCUT2D eigenvalue weighted by molar-refractivity contribution is 1.30. The molecule has 0 saturated carbocycles. The summed E-state index contributed by atoms with van der Waals surface area (Å²) in [5.41, 5.74) is 5.75. The van der Waals surface area contributed by atoms with E-state index in [1.54, 1.807) is 11.3 Å². The van der Waals surface area contributed by atoms with Gasteiger partial charge in [-0.15, -0.1) is 0 Å². The van der Waals surface area contributed by atoms with Crippen LogP contribution < -0.4 is 0 Å². The van der Waals surface area contributed by atoms with Gasteiger partial charge in [-0.05, 0) is 12.1 Å². The van der Waals surface area contributed by atoms with Crippen LogP contribution in [0.2, 0.25) is 0 Å². The van der Waals surface area contributed by atoms with E-state index in [-0.39, 0.29) is 0 Å². The number of para-hydroxylation sites is 1. The molecule has 0 saturated heterocycles. The maximum absolute atomic E-state index is 4.98. The van der Waals surface area contributed by atoms with E-state index in [2.05, 4.69) is 83.3 Å². The molecule has 2 heterocycles. The summed E-state index contributed by atoms with van der Waals surface area (Å²) in [4.78, 5) is 6.01. The number of nitrogens with zero attached hydrogens (tertiary/aromatic N) is 2. The number of hydrogen-bond donors (Lipinski definition) is 0. The Bertz CT molecular complexity index is 1140. The molecule has 114 valence electrons. The molecule has 24 heavy (non-hydrogen) atoms. The fourth-order valence-electron chi connectivity index (χ4n) is 3.18. The van der Waals surface area contributed by atoms with Crippen LogP contribution >= 0.6 is 11.3 Å². The van der Waals surface area contributed by atoms with Crippen molar-refractivity contribution in [1.29, 1.82) is 0 Å². The van der Waals surface area contributed by atoms with Gasteiger partial charge in [0.2, 0.25) is 0 Å². The van der Waals surface area contributed by atoms with Crippen molar-refractivity contribution in [1.82, 2.24) is 9.38 Å². The first kappa shape index (κ1) is 13.5. The number of fused-ring (bicyclic) bond motifs is 3. The van der Waals surface area contributed by atoms with Gasteiger partial charge in [0.15, 0.2) is 4.96 Å². The zero-order valence-corrected chi connectivity index (χ0v) is 13.7. The van der Waals surface area contributed by atoms with Gasteiger partial charge in [0.1, 0.15) is 0 Å². The summed E-state index contributed by atoms with van der Waals surface area (Å²) in [6, 6.07) is 29.4. The van der Waals surface area contributed by atoms with Gasteiger partial charge < -0.3 is 0 Å². The van der Waals surface area contributed by atoms with Gasteiger partial charge in [-0.1, -0.05) is 84.1 Å². The highest BCUT2D eigenvalue weighted by Crippen LogP contribution is 2.38. The molecule has 5 rings (SSSR count). The summed E-state index contributed by atoms with van der Waals surface area (Å²) in [6.45, 7) is 0. The van der Waals surface area contributed by atoms with Crippen molar-refractivity contribution in [2.45, 2.75) is 0 Å². The number of aromatic nitrogens is 2. The Kier molecular flexibility index (Phi) is 3.00. The van der Waals surface area contributed by atoms with Crippen LogP contribution in [-0.4, -0.2) is 9.38 Å². The minimum Gasteiger partial charge on any atom is -0.282 e. The maximum Gasteiger partial charge on any atom is 0.195 e. The van der Waals surface area contributed by atoms with E-state index in [1.807, 2.05) is 6.07 Å². The lowest BCUT2D eigenvalue weighted by atomic mass is 10.0. The molecule has 0 aliphatic carbocycles. The summed E-state index contributed by atoms with van der Waals surface area (Å²) in [5.74, 6) is 0. The average Bonchev–Trinajstić information content (AvgIpc) is 3.19. The van der Waals surface area contributed by atoms with E-state index in [0.29, 0.717) is 0 Å². The van der Waals surface area contributed by atoms with Crippen molar-refractivity contribution >= 4 is 26.5 Å². The van der Waals surface area contributed by atoms with Crippen LogP contribution in [0.15, 0.2) is 84.9 Å². The van der Waals surface area contributed by atoms with E-state index in [9.17, 15) is 0 Å². The molecule has 0 bridgehead atoms. The van der Waals surface area contributed by atoms with Crippen LogP contribution in [0.1, 0.15) is 0 Å². The predicted molar refractivity (Wildman–Crippen MR) is 101 cm³/mol. The van der Waals surface area contributed by atoms with Gasteiger partial charge >= 0.3 is 0 Å². The Morgan fingerprint density at radius 3 is 2.04 bits per heavy atom. The van der Waals surface area contributed by atoms with Gasteiger partial charge in [0.05, 0.1) is 21.6 Å². The molecule has 0 radical (unpaired) electrons. The van der Waals surface area contributed by atoms with Crippen molar-refractivity contribution in [3.8, 4) is 22.5 Å². The number of rotatable bonds is 2. The number of imidazole rings is 1. The van der Waals surface area contributed by atoms with Crippen molar-refractivity contribution in [2.75, 3.05) is 0 Å². The molecule has 0 spiro atoms. The van der Waals surface area contributed by atoms with E-state index in [4.69, 9.17) is 4.98 Å². The van der Waals surface area contributed by atoms with Gasteiger partial charge in [0.25, 0.3) is 0 Å². The van der Waals surface area contributed by atoms with Crippen molar-refractivity contribution in [3.63, 3.8) is 0 Å². The van der Waals surface area contributed by atoms with Crippen molar-refractivity contribution in [3.05, 3.63) is 84.9 Å². The van der Waals surface area contributed by atoms with Gasteiger partial charge in [-0.2, -0.15) is 0 Å². The Labute approximate surface area is 143 Å². The monoisotopic (exact) mass is 326 g/mol. The van der Waals surface area contributed by atoms with Crippen LogP contribution in [0.25, 0.3) is 37.7 Å². The Hall–Kier alpha value is -2.91. The van der Waals surface area contributed by atoms with Gasteiger partial charge in [0, 0.05) is 11.1 Å². The molecule has 0 aliphatic heterocycles. The number of benzene rings is 3. The second-order valence-electron chi connectivity index (χ2n) is 5.73. The second kappa shape index (κ2) is 5.32. The molecular formula is C21H14N2S. The average molecular weight is 326 g/mol. The SMILES string of the molecule is c1ccc(-c2nc3sc4ccccc4n3c2-c2ccccc2)cc1. The first-order chi connectivity index (χ1) is 11.9. The van der Waals surface area contributed by atoms with Crippen LogP contribution in [0.5, 0.6) is 0 Å². The first-order valence-electron chi connectivity index (χ1n) is 7.92. The highest BCUT2D eigenvalue weighted by molar-refractivity contribution is 7.23. The van der Waals surface area contributed by atoms with Crippen molar-refractivity contribution in [2.24, 2.45) is 0 Å². The highest BCUT2D eigenvalue weighted by atomic mass is 32.1. The summed E-state index contributed by atoms with van der Waals surface area (Å²) in [5, 5.41) is 0. The first-order valence-corrected chi connectivity index (χ1v) is 8.74. The summed E-state index contributed by atoms with van der Waals surface area (Å²) < 4.78 is 3.55. The minimum atomic E-state index is 1.04. The minimum absolute atomic E-state index is 1.04. The molecular weight excluding hydrogens is 312 g/mol. The summed E-state index contributed by atoms with van der Waals surface area (Å²) in [6.07, 6.45) is 0. The molecule has 0 aliphatic rings. The largest absolute Gasteiger partial charge is 0.282 e. The lowest BCUT2D eigenvalue weighted by Gasteiger charge is -2.06. The molecule has 0 N–H and O–H groups in total. The lowest BCUT2D eigenvalue weighted by Crippen LogP contribution is -1.88. The van der Waals surface area contributed by atoms with E-state index in [1.165, 1.54) is 15.8 Å². The summed E-state index contributed by atoms with van der Waals surface area (Å²) in [7, 11) is 0. The third kappa shape index (κ3) is 1.99. The standard InChI is InChI=1S/C21H14N2S/c1-3-9-15(10-4-1)19-20(16-11-5-2-6-12-16)23-17-13-7-8-14-18(17)24-21(23)22-19/h1-14H. The van der Waals surface area contributed by atoms with Crippen LogP contribution in [0.4, 0.5) is 0 Å². The second-order valence-corrected chi connectivity index (χ2v) is 6.74. The number of thiazole rings is 1. The molecule has 2 nitrogen and oxygen atoms in total. The Balaban J connectivity index is 1.93. The molecule has 0 atom stereocenters. The molecule has 5 aromatic rings. The molecule has 0 fully saturated rings. The number of hydrogen-bond acceptors (Lipinski definition) is 2. The zero-order valence-electron chi connectivity index (χ0n) is 12.9. The van der Waals surface area contributed by atoms with E-state index >= 15 is 0 Å². The molecule has 0 amide bonds. The van der Waals surface area contributed by atoms with Crippen LogP contribution in [-0.2, 0) is 0 Å². The van der Waals surface area contributed by atoms with Crippen LogP contribution in [0, 0.1) is 0 Å². The Morgan fingerprint density at radius 2 is 1.29 bits per heavy atom. The molecule has 3 aromatic carbocycles. The molecule has 2 aromatic heterocycles. The molecule has 0 unspecified atom stereocenters. The van der Waals surface area contributed by atoms with Gasteiger partial charge in [-0.25, -0.2) is 4.98 Å². The van der Waals surface area contributed by atoms with Crippen LogP contribution in [0.3, 0.4) is 0 Å². The van der Waals surface area contributed by atoms with Gasteiger partial charge in [-0.3, -0.25) is 4.40 Å². The third-order valence-electron chi connectivity index (χ3n) is 4.25.